The quantitative estimate of drug-likeness (QED) is 0.908. The standard InChI is InChI=1S/C15H18FN3O/c1-4-8-20-12-7-5-6-11(9-12)14-18-10(2)13(16)15(17-3)19-14/h5-7,9H,4,8H2,1-3H3,(H,17,18,19). The van der Waals surface area contributed by atoms with Crippen molar-refractivity contribution in [3.63, 3.8) is 0 Å². The molecule has 0 atom stereocenters. The first-order valence-electron chi connectivity index (χ1n) is 6.60. The highest BCUT2D eigenvalue weighted by molar-refractivity contribution is 5.60. The second kappa shape index (κ2) is 6.32. The Morgan fingerprint density at radius 2 is 2.10 bits per heavy atom. The molecule has 0 radical (unpaired) electrons. The molecule has 1 aromatic heterocycles. The third-order valence-corrected chi connectivity index (χ3v) is 2.82. The molecule has 1 N–H and O–H groups in total. The van der Waals surface area contributed by atoms with Gasteiger partial charge in [-0.15, -0.1) is 0 Å². The van der Waals surface area contributed by atoms with Crippen LogP contribution in [0.5, 0.6) is 5.75 Å². The van der Waals surface area contributed by atoms with E-state index in [1.807, 2.05) is 24.3 Å². The SMILES string of the molecule is CCCOc1cccc(-c2nc(C)c(F)c(NC)n2)c1. The third-order valence-electron chi connectivity index (χ3n) is 2.82. The number of rotatable bonds is 5. The number of ether oxygens (including phenoxy) is 1. The van der Waals surface area contributed by atoms with Crippen molar-refractivity contribution in [1.29, 1.82) is 0 Å². The van der Waals surface area contributed by atoms with E-state index in [9.17, 15) is 4.39 Å². The van der Waals surface area contributed by atoms with E-state index < -0.39 is 5.82 Å². The van der Waals surface area contributed by atoms with Crippen LogP contribution < -0.4 is 10.1 Å². The topological polar surface area (TPSA) is 47.0 Å². The van der Waals surface area contributed by atoms with Crippen molar-refractivity contribution in [2.24, 2.45) is 0 Å². The number of benzene rings is 1. The summed E-state index contributed by atoms with van der Waals surface area (Å²) in [4.78, 5) is 8.38. The van der Waals surface area contributed by atoms with Crippen LogP contribution in [0, 0.1) is 12.7 Å². The number of hydrogen-bond donors (Lipinski definition) is 1. The van der Waals surface area contributed by atoms with E-state index in [1.54, 1.807) is 14.0 Å². The molecule has 0 unspecified atom stereocenters. The number of hydrogen-bond acceptors (Lipinski definition) is 4. The fourth-order valence-electron chi connectivity index (χ4n) is 1.80. The molecule has 0 amide bonds. The summed E-state index contributed by atoms with van der Waals surface area (Å²) in [5.41, 5.74) is 1.12. The van der Waals surface area contributed by atoms with Crippen molar-refractivity contribution in [1.82, 2.24) is 9.97 Å². The monoisotopic (exact) mass is 275 g/mol. The highest BCUT2D eigenvalue weighted by Gasteiger charge is 2.11. The molecule has 0 aliphatic rings. The number of nitrogens with zero attached hydrogens (tertiary/aromatic N) is 2. The van der Waals surface area contributed by atoms with Gasteiger partial charge < -0.3 is 10.1 Å². The van der Waals surface area contributed by atoms with Gasteiger partial charge in [0.05, 0.1) is 12.3 Å². The Morgan fingerprint density at radius 1 is 1.30 bits per heavy atom. The van der Waals surface area contributed by atoms with E-state index in [4.69, 9.17) is 4.74 Å². The van der Waals surface area contributed by atoms with Gasteiger partial charge in [0, 0.05) is 12.6 Å². The second-order valence-corrected chi connectivity index (χ2v) is 4.42. The van der Waals surface area contributed by atoms with Gasteiger partial charge in [0.1, 0.15) is 5.75 Å². The second-order valence-electron chi connectivity index (χ2n) is 4.42. The highest BCUT2D eigenvalue weighted by atomic mass is 19.1. The molecule has 0 spiro atoms. The molecular formula is C15H18FN3O. The van der Waals surface area contributed by atoms with Gasteiger partial charge in [-0.25, -0.2) is 14.4 Å². The van der Waals surface area contributed by atoms with Crippen LogP contribution in [0.15, 0.2) is 24.3 Å². The summed E-state index contributed by atoms with van der Waals surface area (Å²) in [6, 6.07) is 7.50. The zero-order chi connectivity index (χ0) is 14.5. The molecule has 4 nitrogen and oxygen atoms in total. The molecule has 0 aliphatic heterocycles. The van der Waals surface area contributed by atoms with Crippen LogP contribution in [0.25, 0.3) is 11.4 Å². The third kappa shape index (κ3) is 3.04. The van der Waals surface area contributed by atoms with E-state index in [0.717, 1.165) is 17.7 Å². The normalized spacial score (nSPS) is 10.4. The number of anilines is 1. The van der Waals surface area contributed by atoms with Gasteiger partial charge in [-0.1, -0.05) is 19.1 Å². The fourth-order valence-corrected chi connectivity index (χ4v) is 1.80. The lowest BCUT2D eigenvalue weighted by atomic mass is 10.2. The van der Waals surface area contributed by atoms with Crippen molar-refractivity contribution < 1.29 is 9.13 Å². The zero-order valence-electron chi connectivity index (χ0n) is 11.9. The molecule has 1 aromatic carbocycles. The summed E-state index contributed by atoms with van der Waals surface area (Å²) in [6.45, 7) is 4.34. The Kier molecular flexibility index (Phi) is 4.50. The lowest BCUT2D eigenvalue weighted by molar-refractivity contribution is 0.317. The number of aryl methyl sites for hydroxylation is 1. The molecular weight excluding hydrogens is 257 g/mol. The zero-order valence-corrected chi connectivity index (χ0v) is 11.9. The van der Waals surface area contributed by atoms with E-state index in [1.165, 1.54) is 0 Å². The molecule has 1 heterocycles. The predicted octanol–water partition coefficient (Wildman–Crippen LogP) is 3.42. The molecule has 0 fully saturated rings. The van der Waals surface area contributed by atoms with E-state index >= 15 is 0 Å². The van der Waals surface area contributed by atoms with Crippen molar-refractivity contribution in [3.05, 3.63) is 35.8 Å². The van der Waals surface area contributed by atoms with Gasteiger partial charge in [-0.05, 0) is 25.5 Å². The molecule has 20 heavy (non-hydrogen) atoms. The van der Waals surface area contributed by atoms with Gasteiger partial charge in [0.2, 0.25) is 0 Å². The largest absolute Gasteiger partial charge is 0.494 e. The van der Waals surface area contributed by atoms with Crippen LogP contribution in [0.1, 0.15) is 19.0 Å². The molecule has 2 rings (SSSR count). The fraction of sp³-hybridized carbons (Fsp3) is 0.333. The van der Waals surface area contributed by atoms with Crippen LogP contribution in [-0.4, -0.2) is 23.6 Å². The van der Waals surface area contributed by atoms with Crippen molar-refractivity contribution >= 4 is 5.82 Å². The van der Waals surface area contributed by atoms with Gasteiger partial charge in [-0.2, -0.15) is 0 Å². The Morgan fingerprint density at radius 3 is 2.80 bits per heavy atom. The van der Waals surface area contributed by atoms with Crippen LogP contribution in [0.2, 0.25) is 0 Å². The summed E-state index contributed by atoms with van der Waals surface area (Å²) >= 11 is 0. The van der Waals surface area contributed by atoms with Crippen LogP contribution in [-0.2, 0) is 0 Å². The molecule has 2 aromatic rings. The summed E-state index contributed by atoms with van der Waals surface area (Å²) in [5.74, 6) is 1.03. The van der Waals surface area contributed by atoms with E-state index in [0.29, 0.717) is 18.1 Å². The van der Waals surface area contributed by atoms with Crippen molar-refractivity contribution in [2.45, 2.75) is 20.3 Å². The van der Waals surface area contributed by atoms with Crippen LogP contribution >= 0.6 is 0 Å². The first-order chi connectivity index (χ1) is 9.65. The van der Waals surface area contributed by atoms with Crippen LogP contribution in [0.3, 0.4) is 0 Å². The maximum absolute atomic E-state index is 13.7. The molecule has 0 aliphatic carbocycles. The average molecular weight is 275 g/mol. The lowest BCUT2D eigenvalue weighted by Crippen LogP contribution is -2.03. The average Bonchev–Trinajstić information content (AvgIpc) is 2.48. The molecule has 0 saturated heterocycles. The number of nitrogens with one attached hydrogen (secondary N) is 1. The molecule has 5 heteroatoms. The minimum atomic E-state index is -0.422. The van der Waals surface area contributed by atoms with Gasteiger partial charge >= 0.3 is 0 Å². The first-order valence-corrected chi connectivity index (χ1v) is 6.60. The van der Waals surface area contributed by atoms with Crippen molar-refractivity contribution in [2.75, 3.05) is 19.0 Å². The summed E-state index contributed by atoms with van der Waals surface area (Å²) in [6.07, 6.45) is 0.945. The molecule has 0 saturated carbocycles. The van der Waals surface area contributed by atoms with Crippen molar-refractivity contribution in [3.8, 4) is 17.1 Å². The molecule has 0 bridgehead atoms. The summed E-state index contributed by atoms with van der Waals surface area (Å²) < 4.78 is 19.3. The van der Waals surface area contributed by atoms with Crippen LogP contribution in [0.4, 0.5) is 10.2 Å². The van der Waals surface area contributed by atoms with Gasteiger partial charge in [-0.3, -0.25) is 0 Å². The Labute approximate surface area is 118 Å². The minimum Gasteiger partial charge on any atom is -0.494 e. The number of aromatic nitrogens is 2. The Balaban J connectivity index is 2.38. The predicted molar refractivity (Wildman–Crippen MR) is 77.5 cm³/mol. The van der Waals surface area contributed by atoms with Gasteiger partial charge in [0.25, 0.3) is 0 Å². The Bertz CT molecular complexity index is 602. The maximum Gasteiger partial charge on any atom is 0.186 e. The number of halogens is 1. The smallest absolute Gasteiger partial charge is 0.186 e. The first kappa shape index (κ1) is 14.2. The molecule has 106 valence electrons. The minimum absolute atomic E-state index is 0.201. The Hall–Kier alpha value is -2.17. The highest BCUT2D eigenvalue weighted by Crippen LogP contribution is 2.24. The van der Waals surface area contributed by atoms with E-state index in [-0.39, 0.29) is 5.82 Å². The summed E-state index contributed by atoms with van der Waals surface area (Å²) in [7, 11) is 1.63. The maximum atomic E-state index is 13.7. The lowest BCUT2D eigenvalue weighted by Gasteiger charge is -2.09. The van der Waals surface area contributed by atoms with E-state index in [2.05, 4.69) is 22.2 Å². The summed E-state index contributed by atoms with van der Waals surface area (Å²) in [5, 5.41) is 2.74. The van der Waals surface area contributed by atoms with Gasteiger partial charge in [0.15, 0.2) is 17.5 Å².